The van der Waals surface area contributed by atoms with E-state index in [1.54, 1.807) is 28.9 Å². The highest BCUT2D eigenvalue weighted by Crippen LogP contribution is 2.25. The second-order valence-corrected chi connectivity index (χ2v) is 8.37. The molecule has 1 aromatic heterocycles. The second kappa shape index (κ2) is 11.4. The molecule has 4 aromatic rings. The fourth-order valence-electron chi connectivity index (χ4n) is 3.63. The molecular weight excluding hydrogens is 462 g/mol. The number of benzene rings is 3. The molecule has 7 nitrogen and oxygen atoms in total. The van der Waals surface area contributed by atoms with Gasteiger partial charge in [-0.25, -0.2) is 9.48 Å². The lowest BCUT2D eigenvalue weighted by molar-refractivity contribution is -0.116. The van der Waals surface area contributed by atoms with Crippen molar-refractivity contribution in [1.29, 1.82) is 0 Å². The monoisotopic (exact) mass is 487 g/mol. The lowest BCUT2D eigenvalue weighted by Gasteiger charge is -2.22. The summed E-state index contributed by atoms with van der Waals surface area (Å²) in [5, 5.41) is 11.0. The maximum atomic E-state index is 13.0. The number of amides is 3. The predicted molar refractivity (Wildman–Crippen MR) is 140 cm³/mol. The molecule has 0 spiro atoms. The summed E-state index contributed by atoms with van der Waals surface area (Å²) in [5.74, 6) is 0.197. The van der Waals surface area contributed by atoms with Gasteiger partial charge in [0.1, 0.15) is 12.4 Å². The number of aromatic nitrogens is 2. The van der Waals surface area contributed by atoms with Crippen LogP contribution >= 0.6 is 11.6 Å². The van der Waals surface area contributed by atoms with E-state index in [4.69, 9.17) is 16.7 Å². The standard InChI is InChI=1S/C27H26ClN5O2/c1-2-16-32(27(35)29-22-13-9-12-21(28)17-22)19-26(34)30-25-18-24(20-10-5-3-6-11-20)31-33(25)23-14-7-4-8-15-23/h3-15,17-18H,2,16,19H2,1H3,(H,29,35)(H,30,34). The first kappa shape index (κ1) is 24.0. The number of para-hydroxylation sites is 1. The molecule has 8 heteroatoms. The Morgan fingerprint density at radius 1 is 0.914 bits per heavy atom. The van der Waals surface area contributed by atoms with Crippen molar-refractivity contribution in [3.05, 3.63) is 96.0 Å². The molecular formula is C27H26ClN5O2. The van der Waals surface area contributed by atoms with Crippen LogP contribution in [-0.2, 0) is 4.79 Å². The molecule has 1 heterocycles. The Kier molecular flexibility index (Phi) is 7.80. The van der Waals surface area contributed by atoms with Gasteiger partial charge in [0.2, 0.25) is 5.91 Å². The summed E-state index contributed by atoms with van der Waals surface area (Å²) < 4.78 is 1.69. The topological polar surface area (TPSA) is 79.3 Å². The second-order valence-electron chi connectivity index (χ2n) is 7.94. The van der Waals surface area contributed by atoms with Crippen molar-refractivity contribution in [2.75, 3.05) is 23.7 Å². The fourth-order valence-corrected chi connectivity index (χ4v) is 3.82. The molecule has 178 valence electrons. The lowest BCUT2D eigenvalue weighted by atomic mass is 10.1. The summed E-state index contributed by atoms with van der Waals surface area (Å²) in [7, 11) is 0. The highest BCUT2D eigenvalue weighted by molar-refractivity contribution is 6.30. The Morgan fingerprint density at radius 3 is 2.31 bits per heavy atom. The molecule has 0 unspecified atom stereocenters. The molecule has 35 heavy (non-hydrogen) atoms. The smallest absolute Gasteiger partial charge is 0.315 e. The minimum Gasteiger partial charge on any atom is -0.315 e. The lowest BCUT2D eigenvalue weighted by Crippen LogP contribution is -2.41. The molecule has 0 fully saturated rings. The van der Waals surface area contributed by atoms with Gasteiger partial charge in [-0.15, -0.1) is 0 Å². The van der Waals surface area contributed by atoms with E-state index >= 15 is 0 Å². The Bertz CT molecular complexity index is 1290. The third-order valence-electron chi connectivity index (χ3n) is 5.24. The average Bonchev–Trinajstić information content (AvgIpc) is 3.28. The van der Waals surface area contributed by atoms with Gasteiger partial charge in [0.05, 0.1) is 11.4 Å². The molecule has 0 saturated heterocycles. The van der Waals surface area contributed by atoms with E-state index < -0.39 is 0 Å². The number of nitrogens with one attached hydrogen (secondary N) is 2. The molecule has 0 saturated carbocycles. The summed E-state index contributed by atoms with van der Waals surface area (Å²) in [6.07, 6.45) is 0.705. The first-order valence-corrected chi connectivity index (χ1v) is 11.7. The number of nitrogens with zero attached hydrogens (tertiary/aromatic N) is 3. The van der Waals surface area contributed by atoms with Crippen molar-refractivity contribution >= 4 is 35.0 Å². The largest absolute Gasteiger partial charge is 0.322 e. The maximum absolute atomic E-state index is 13.0. The SMILES string of the molecule is CCCN(CC(=O)Nc1cc(-c2ccccc2)nn1-c1ccccc1)C(=O)Nc1cccc(Cl)c1. The zero-order valence-corrected chi connectivity index (χ0v) is 20.1. The van der Waals surface area contributed by atoms with Crippen LogP contribution in [0.2, 0.25) is 5.02 Å². The van der Waals surface area contributed by atoms with Crippen LogP contribution in [0.3, 0.4) is 0 Å². The minimum atomic E-state index is -0.370. The molecule has 0 atom stereocenters. The van der Waals surface area contributed by atoms with Gasteiger partial charge < -0.3 is 15.5 Å². The fraction of sp³-hybridized carbons (Fsp3) is 0.148. The zero-order chi connectivity index (χ0) is 24.6. The first-order chi connectivity index (χ1) is 17.0. The molecule has 3 amide bonds. The van der Waals surface area contributed by atoms with Gasteiger partial charge in [-0.05, 0) is 36.8 Å². The number of hydrogen-bond acceptors (Lipinski definition) is 3. The number of halogens is 1. The number of carbonyl (C=O) groups excluding carboxylic acids is 2. The molecule has 0 aliphatic rings. The molecule has 0 bridgehead atoms. The number of carbonyl (C=O) groups is 2. The third-order valence-corrected chi connectivity index (χ3v) is 5.47. The van der Waals surface area contributed by atoms with Gasteiger partial charge in [-0.2, -0.15) is 5.10 Å². The number of anilines is 2. The summed E-state index contributed by atoms with van der Waals surface area (Å²) >= 11 is 6.02. The van der Waals surface area contributed by atoms with E-state index in [-0.39, 0.29) is 18.5 Å². The van der Waals surface area contributed by atoms with E-state index in [0.717, 1.165) is 16.9 Å². The van der Waals surface area contributed by atoms with Gasteiger partial charge in [-0.1, -0.05) is 73.1 Å². The molecule has 4 rings (SSSR count). The van der Waals surface area contributed by atoms with E-state index in [0.29, 0.717) is 29.5 Å². The molecule has 0 aliphatic carbocycles. The van der Waals surface area contributed by atoms with Crippen LogP contribution in [0.15, 0.2) is 91.0 Å². The van der Waals surface area contributed by atoms with E-state index in [1.807, 2.05) is 73.7 Å². The van der Waals surface area contributed by atoms with Crippen molar-refractivity contribution in [3.63, 3.8) is 0 Å². The first-order valence-electron chi connectivity index (χ1n) is 11.4. The average molecular weight is 488 g/mol. The van der Waals surface area contributed by atoms with E-state index in [2.05, 4.69) is 10.6 Å². The minimum absolute atomic E-state index is 0.110. The van der Waals surface area contributed by atoms with Crippen molar-refractivity contribution in [1.82, 2.24) is 14.7 Å². The number of urea groups is 1. The van der Waals surface area contributed by atoms with Crippen molar-refractivity contribution in [2.45, 2.75) is 13.3 Å². The molecule has 3 aromatic carbocycles. The van der Waals surface area contributed by atoms with Gasteiger partial charge in [0, 0.05) is 28.9 Å². The van der Waals surface area contributed by atoms with Crippen LogP contribution in [0.25, 0.3) is 16.9 Å². The summed E-state index contributed by atoms with van der Waals surface area (Å²) in [6.45, 7) is 2.27. The van der Waals surface area contributed by atoms with Crippen molar-refractivity contribution in [2.24, 2.45) is 0 Å². The quantitative estimate of drug-likeness (QED) is 0.316. The predicted octanol–water partition coefficient (Wildman–Crippen LogP) is 6.08. The molecule has 2 N–H and O–H groups in total. The van der Waals surface area contributed by atoms with Crippen LogP contribution < -0.4 is 10.6 Å². The zero-order valence-electron chi connectivity index (χ0n) is 19.3. The Morgan fingerprint density at radius 2 is 1.63 bits per heavy atom. The third kappa shape index (κ3) is 6.28. The maximum Gasteiger partial charge on any atom is 0.322 e. The number of hydrogen-bond donors (Lipinski definition) is 2. The normalized spacial score (nSPS) is 10.6. The highest BCUT2D eigenvalue weighted by atomic mass is 35.5. The van der Waals surface area contributed by atoms with Gasteiger partial charge in [-0.3, -0.25) is 4.79 Å². The number of rotatable bonds is 8. The Hall–Kier alpha value is -4.10. The van der Waals surface area contributed by atoms with Gasteiger partial charge in [0.25, 0.3) is 0 Å². The summed E-state index contributed by atoms with van der Waals surface area (Å²) in [5.41, 5.74) is 3.05. The molecule has 0 aliphatic heterocycles. The van der Waals surface area contributed by atoms with Gasteiger partial charge >= 0.3 is 6.03 Å². The van der Waals surface area contributed by atoms with Crippen LogP contribution in [0.5, 0.6) is 0 Å². The van der Waals surface area contributed by atoms with E-state index in [9.17, 15) is 9.59 Å². The van der Waals surface area contributed by atoms with Crippen molar-refractivity contribution < 1.29 is 9.59 Å². The van der Waals surface area contributed by atoms with Gasteiger partial charge in [0.15, 0.2) is 0 Å². The van der Waals surface area contributed by atoms with E-state index in [1.165, 1.54) is 4.90 Å². The Labute approximate surface area is 209 Å². The van der Waals surface area contributed by atoms with Crippen LogP contribution in [0.1, 0.15) is 13.3 Å². The summed E-state index contributed by atoms with van der Waals surface area (Å²) in [4.78, 5) is 27.4. The van der Waals surface area contributed by atoms with Crippen LogP contribution in [0, 0.1) is 0 Å². The van der Waals surface area contributed by atoms with Crippen molar-refractivity contribution in [3.8, 4) is 16.9 Å². The van der Waals surface area contributed by atoms with Crippen LogP contribution in [-0.4, -0.2) is 39.7 Å². The highest BCUT2D eigenvalue weighted by Gasteiger charge is 2.19. The Balaban J connectivity index is 1.53. The summed E-state index contributed by atoms with van der Waals surface area (Å²) in [6, 6.07) is 27.7. The molecule has 0 radical (unpaired) electrons. The van der Waals surface area contributed by atoms with Crippen LogP contribution in [0.4, 0.5) is 16.3 Å².